The number of hydrogen-bond donors (Lipinski definition) is 2. The van der Waals surface area contributed by atoms with Crippen LogP contribution < -0.4 is 11.1 Å². The molecule has 0 unspecified atom stereocenters. The van der Waals surface area contributed by atoms with Crippen molar-refractivity contribution in [2.75, 3.05) is 11.1 Å². The number of nitrogen functional groups attached to an aromatic ring is 1. The highest BCUT2D eigenvalue weighted by molar-refractivity contribution is 7.17. The molecule has 0 aliphatic carbocycles. The van der Waals surface area contributed by atoms with Crippen LogP contribution in [-0.4, -0.2) is 9.97 Å². The van der Waals surface area contributed by atoms with Crippen molar-refractivity contribution < 1.29 is 0 Å². The second-order valence-electron chi connectivity index (χ2n) is 3.67. The molecule has 0 bridgehead atoms. The van der Waals surface area contributed by atoms with E-state index in [4.69, 9.17) is 17.3 Å². The van der Waals surface area contributed by atoms with Crippen LogP contribution in [0.4, 0.5) is 17.5 Å². The van der Waals surface area contributed by atoms with Gasteiger partial charge in [0.05, 0.1) is 20.9 Å². The van der Waals surface area contributed by atoms with Crippen molar-refractivity contribution in [3.8, 4) is 0 Å². The van der Waals surface area contributed by atoms with E-state index < -0.39 is 0 Å². The average Bonchev–Trinajstić information content (AvgIpc) is 2.80. The topological polar surface area (TPSA) is 63.8 Å². The molecule has 0 fully saturated rings. The minimum absolute atomic E-state index is 0.246. The molecule has 0 aliphatic heterocycles. The van der Waals surface area contributed by atoms with Crippen LogP contribution in [0.15, 0.2) is 35.7 Å². The summed E-state index contributed by atoms with van der Waals surface area (Å²) in [5, 5.41) is 5.78. The Morgan fingerprint density at radius 2 is 2.00 bits per heavy atom. The van der Waals surface area contributed by atoms with Gasteiger partial charge in [0.25, 0.3) is 0 Å². The molecule has 4 nitrogen and oxygen atoms in total. The van der Waals surface area contributed by atoms with E-state index in [1.165, 1.54) is 0 Å². The summed E-state index contributed by atoms with van der Waals surface area (Å²) in [6, 6.07) is 9.41. The fourth-order valence-corrected chi connectivity index (χ4v) is 2.62. The number of benzene rings is 1. The predicted octanol–water partition coefficient (Wildman–Crippen LogP) is 3.67. The normalized spacial score (nSPS) is 10.7. The minimum Gasteiger partial charge on any atom is -0.368 e. The van der Waals surface area contributed by atoms with Crippen LogP contribution in [0.3, 0.4) is 0 Å². The van der Waals surface area contributed by atoms with Gasteiger partial charge in [-0.25, -0.2) is 4.98 Å². The highest BCUT2D eigenvalue weighted by Gasteiger charge is 2.09. The third-order valence-corrected chi connectivity index (χ3v) is 3.69. The molecule has 0 saturated carbocycles. The number of nitrogens with zero attached hydrogens (tertiary/aromatic N) is 2. The number of nitrogens with one attached hydrogen (secondary N) is 1. The fraction of sp³-hybridized carbons (Fsp3) is 0. The van der Waals surface area contributed by atoms with Crippen LogP contribution >= 0.6 is 22.9 Å². The maximum Gasteiger partial charge on any atom is 0.222 e. The summed E-state index contributed by atoms with van der Waals surface area (Å²) in [5.74, 6) is 0.927. The number of thiophene rings is 1. The smallest absolute Gasteiger partial charge is 0.222 e. The molecule has 0 radical (unpaired) electrons. The van der Waals surface area contributed by atoms with Gasteiger partial charge >= 0.3 is 0 Å². The van der Waals surface area contributed by atoms with Gasteiger partial charge in [0.15, 0.2) is 5.82 Å². The number of aromatic nitrogens is 2. The van der Waals surface area contributed by atoms with Gasteiger partial charge in [0.1, 0.15) is 0 Å². The summed E-state index contributed by atoms with van der Waals surface area (Å²) in [4.78, 5) is 8.38. The number of rotatable bonds is 2. The molecule has 0 amide bonds. The van der Waals surface area contributed by atoms with Crippen LogP contribution in [0.1, 0.15) is 0 Å². The lowest BCUT2D eigenvalue weighted by molar-refractivity contribution is 1.24. The molecule has 3 rings (SSSR count). The van der Waals surface area contributed by atoms with Crippen LogP contribution in [0, 0.1) is 0 Å². The van der Waals surface area contributed by atoms with Crippen molar-refractivity contribution in [2.45, 2.75) is 0 Å². The Balaban J connectivity index is 2.10. The Kier molecular flexibility index (Phi) is 2.77. The van der Waals surface area contributed by atoms with E-state index in [1.807, 2.05) is 35.7 Å². The molecule has 90 valence electrons. The molecule has 0 saturated heterocycles. The Morgan fingerprint density at radius 1 is 1.17 bits per heavy atom. The summed E-state index contributed by atoms with van der Waals surface area (Å²) < 4.78 is 0.962. The van der Waals surface area contributed by atoms with Crippen molar-refractivity contribution >= 4 is 50.6 Å². The molecule has 1 aromatic carbocycles. The Bertz CT molecular complexity index is 710. The summed E-state index contributed by atoms with van der Waals surface area (Å²) in [7, 11) is 0. The summed E-state index contributed by atoms with van der Waals surface area (Å²) in [6.45, 7) is 0. The van der Waals surface area contributed by atoms with Gasteiger partial charge in [-0.3, -0.25) is 0 Å². The van der Waals surface area contributed by atoms with Crippen LogP contribution in [0.25, 0.3) is 10.2 Å². The Hall–Kier alpha value is -1.85. The maximum atomic E-state index is 6.11. The second-order valence-corrected chi connectivity index (χ2v) is 4.99. The first-order chi connectivity index (χ1) is 8.74. The minimum atomic E-state index is 0.246. The van der Waals surface area contributed by atoms with Crippen LogP contribution in [0.5, 0.6) is 0 Å². The maximum absolute atomic E-state index is 6.11. The SMILES string of the molecule is Nc1nc(Nc2ccccc2Cl)c2sccc2n1. The molecule has 0 aliphatic rings. The van der Waals surface area contributed by atoms with Crippen molar-refractivity contribution in [3.63, 3.8) is 0 Å². The molecule has 6 heteroatoms. The first kappa shape index (κ1) is 11.3. The zero-order valence-corrected chi connectivity index (χ0v) is 10.8. The third kappa shape index (κ3) is 1.98. The molecule has 2 heterocycles. The largest absolute Gasteiger partial charge is 0.368 e. The van der Waals surface area contributed by atoms with E-state index in [2.05, 4.69) is 15.3 Å². The lowest BCUT2D eigenvalue weighted by Gasteiger charge is -2.08. The first-order valence-corrected chi connectivity index (χ1v) is 6.52. The van der Waals surface area contributed by atoms with Gasteiger partial charge in [-0.15, -0.1) is 11.3 Å². The van der Waals surface area contributed by atoms with E-state index >= 15 is 0 Å². The molecule has 0 spiro atoms. The molecule has 0 atom stereocenters. The molecular weight excluding hydrogens is 268 g/mol. The molecule has 2 aromatic heterocycles. The van der Waals surface area contributed by atoms with Gasteiger partial charge < -0.3 is 11.1 Å². The van der Waals surface area contributed by atoms with Gasteiger partial charge in [-0.05, 0) is 23.6 Å². The Morgan fingerprint density at radius 3 is 2.83 bits per heavy atom. The number of nitrogens with two attached hydrogens (primary N) is 1. The van der Waals surface area contributed by atoms with Crippen molar-refractivity contribution in [1.29, 1.82) is 0 Å². The average molecular weight is 277 g/mol. The van der Waals surface area contributed by atoms with Gasteiger partial charge in [0.2, 0.25) is 5.95 Å². The van der Waals surface area contributed by atoms with Crippen molar-refractivity contribution in [1.82, 2.24) is 9.97 Å². The van der Waals surface area contributed by atoms with E-state index in [0.717, 1.165) is 15.9 Å². The first-order valence-electron chi connectivity index (χ1n) is 5.26. The molecule has 3 N–H and O–H groups in total. The summed E-state index contributed by atoms with van der Waals surface area (Å²) in [5.41, 5.74) is 7.32. The van der Waals surface area contributed by atoms with Crippen LogP contribution in [-0.2, 0) is 0 Å². The van der Waals surface area contributed by atoms with Crippen LogP contribution in [0.2, 0.25) is 5.02 Å². The molecule has 18 heavy (non-hydrogen) atoms. The summed E-state index contributed by atoms with van der Waals surface area (Å²) in [6.07, 6.45) is 0. The number of fused-ring (bicyclic) bond motifs is 1. The van der Waals surface area contributed by atoms with E-state index in [1.54, 1.807) is 11.3 Å². The number of para-hydroxylation sites is 1. The Labute approximate surface area is 112 Å². The van der Waals surface area contributed by atoms with Gasteiger partial charge in [0, 0.05) is 0 Å². The van der Waals surface area contributed by atoms with Gasteiger partial charge in [-0.2, -0.15) is 4.98 Å². The number of hydrogen-bond acceptors (Lipinski definition) is 5. The highest BCUT2D eigenvalue weighted by atomic mass is 35.5. The monoisotopic (exact) mass is 276 g/mol. The summed E-state index contributed by atoms with van der Waals surface area (Å²) >= 11 is 7.67. The zero-order chi connectivity index (χ0) is 12.5. The van der Waals surface area contributed by atoms with E-state index in [9.17, 15) is 0 Å². The van der Waals surface area contributed by atoms with E-state index in [-0.39, 0.29) is 5.95 Å². The standard InChI is InChI=1S/C12H9ClN4S/c13-7-3-1-2-4-8(7)15-11-10-9(5-6-18-10)16-12(14)17-11/h1-6H,(H3,14,15,16,17). The lowest BCUT2D eigenvalue weighted by Crippen LogP contribution is -2.00. The third-order valence-electron chi connectivity index (χ3n) is 2.45. The van der Waals surface area contributed by atoms with E-state index in [0.29, 0.717) is 10.8 Å². The molecular formula is C12H9ClN4S. The highest BCUT2D eigenvalue weighted by Crippen LogP contribution is 2.31. The van der Waals surface area contributed by atoms with Gasteiger partial charge in [-0.1, -0.05) is 23.7 Å². The predicted molar refractivity (Wildman–Crippen MR) is 76.6 cm³/mol. The lowest BCUT2D eigenvalue weighted by atomic mass is 10.3. The van der Waals surface area contributed by atoms with Crippen molar-refractivity contribution in [2.24, 2.45) is 0 Å². The zero-order valence-electron chi connectivity index (χ0n) is 9.22. The fourth-order valence-electron chi connectivity index (χ4n) is 1.66. The quantitative estimate of drug-likeness (QED) is 0.749. The van der Waals surface area contributed by atoms with Crippen molar-refractivity contribution in [3.05, 3.63) is 40.7 Å². The number of halogens is 1. The molecule has 3 aromatic rings. The second kappa shape index (κ2) is 4.44. The number of anilines is 3.